The number of nitrogens with zero attached hydrogens (tertiary/aromatic N) is 2. The van der Waals surface area contributed by atoms with Crippen LogP contribution in [-0.2, 0) is 9.53 Å². The second-order valence-corrected chi connectivity index (χ2v) is 3.87. The number of carbonyl (C=O) groups excluding carboxylic acids is 1. The van der Waals surface area contributed by atoms with E-state index in [-0.39, 0.29) is 17.8 Å². The lowest BCUT2D eigenvalue weighted by atomic mass is 10.2. The molecule has 0 fully saturated rings. The highest BCUT2D eigenvalue weighted by Gasteiger charge is 2.09. The van der Waals surface area contributed by atoms with E-state index in [9.17, 15) is 14.9 Å². The molecule has 1 amide bonds. The zero-order valence-corrected chi connectivity index (χ0v) is 11.3. The third-order valence-electron chi connectivity index (χ3n) is 2.40. The maximum Gasteiger partial charge on any atom is 0.271 e. The van der Waals surface area contributed by atoms with Crippen molar-refractivity contribution in [2.75, 3.05) is 25.6 Å². The number of methoxy groups -OCH3 is 1. The molecule has 0 aromatic heterocycles. The van der Waals surface area contributed by atoms with Gasteiger partial charge in [0.15, 0.2) is 0 Å². The Labute approximate surface area is 121 Å². The quantitative estimate of drug-likeness (QED) is 0.256. The van der Waals surface area contributed by atoms with Gasteiger partial charge < -0.3 is 15.4 Å². The van der Waals surface area contributed by atoms with Crippen molar-refractivity contribution in [1.82, 2.24) is 5.32 Å². The van der Waals surface area contributed by atoms with Gasteiger partial charge in [0.05, 0.1) is 11.5 Å². The van der Waals surface area contributed by atoms with Gasteiger partial charge in [-0.1, -0.05) is 6.07 Å². The summed E-state index contributed by atoms with van der Waals surface area (Å²) in [6, 6.07) is 7.48. The van der Waals surface area contributed by atoms with Crippen molar-refractivity contribution < 1.29 is 14.5 Å². The van der Waals surface area contributed by atoms with Crippen LogP contribution in [0.1, 0.15) is 0 Å². The number of hydrogen-bond donors (Lipinski definition) is 2. The third-order valence-corrected chi connectivity index (χ3v) is 2.40. The number of ether oxygens (including phenoxy) is 1. The molecule has 0 aliphatic carbocycles. The van der Waals surface area contributed by atoms with Gasteiger partial charge in [-0.2, -0.15) is 5.26 Å². The third kappa shape index (κ3) is 5.30. The minimum atomic E-state index is -0.549. The molecule has 110 valence electrons. The van der Waals surface area contributed by atoms with Crippen LogP contribution >= 0.6 is 0 Å². The van der Waals surface area contributed by atoms with Gasteiger partial charge in [-0.3, -0.25) is 14.9 Å². The summed E-state index contributed by atoms with van der Waals surface area (Å²) in [5.74, 6) is -0.549. The Morgan fingerprint density at radius 3 is 2.95 bits per heavy atom. The summed E-state index contributed by atoms with van der Waals surface area (Å²) in [6.07, 6.45) is 1.20. The minimum absolute atomic E-state index is 0.0866. The number of benzene rings is 1. The van der Waals surface area contributed by atoms with E-state index < -0.39 is 10.8 Å². The number of anilines is 1. The second-order valence-electron chi connectivity index (χ2n) is 3.87. The molecule has 2 N–H and O–H groups in total. The summed E-state index contributed by atoms with van der Waals surface area (Å²) < 4.78 is 4.77. The maximum atomic E-state index is 11.6. The zero-order valence-electron chi connectivity index (χ0n) is 11.3. The largest absolute Gasteiger partial charge is 0.383 e. The molecule has 0 saturated carbocycles. The van der Waals surface area contributed by atoms with Crippen LogP contribution in [-0.4, -0.2) is 31.1 Å². The van der Waals surface area contributed by atoms with Crippen molar-refractivity contribution in [2.45, 2.75) is 0 Å². The predicted octanol–water partition coefficient (Wildman–Crippen LogP) is 1.18. The van der Waals surface area contributed by atoms with E-state index >= 15 is 0 Å². The molecule has 0 spiro atoms. The molecule has 21 heavy (non-hydrogen) atoms. The summed E-state index contributed by atoms with van der Waals surface area (Å²) in [4.78, 5) is 21.7. The lowest BCUT2D eigenvalue weighted by molar-refractivity contribution is -0.384. The van der Waals surface area contributed by atoms with Crippen molar-refractivity contribution in [3.8, 4) is 6.07 Å². The molecule has 0 heterocycles. The van der Waals surface area contributed by atoms with Crippen LogP contribution in [0.25, 0.3) is 0 Å². The summed E-state index contributed by atoms with van der Waals surface area (Å²) in [7, 11) is 1.50. The molecular weight excluding hydrogens is 276 g/mol. The van der Waals surface area contributed by atoms with Crippen LogP contribution in [0.15, 0.2) is 36.0 Å². The number of rotatable bonds is 7. The van der Waals surface area contributed by atoms with E-state index in [1.54, 1.807) is 12.1 Å². The molecule has 0 bridgehead atoms. The molecule has 0 atom stereocenters. The average Bonchev–Trinajstić information content (AvgIpc) is 2.48. The number of nitriles is 1. The fourth-order valence-electron chi connectivity index (χ4n) is 1.38. The monoisotopic (exact) mass is 290 g/mol. The van der Waals surface area contributed by atoms with Crippen molar-refractivity contribution >= 4 is 17.3 Å². The molecule has 0 saturated heterocycles. The van der Waals surface area contributed by atoms with Gasteiger partial charge in [-0.25, -0.2) is 0 Å². The number of non-ortho nitro benzene ring substituents is 1. The van der Waals surface area contributed by atoms with E-state index in [1.165, 1.54) is 31.5 Å². The normalized spacial score (nSPS) is 10.6. The molecule has 1 rings (SSSR count). The van der Waals surface area contributed by atoms with Crippen LogP contribution in [0.4, 0.5) is 11.4 Å². The summed E-state index contributed by atoms with van der Waals surface area (Å²) in [6.45, 7) is 0.619. The van der Waals surface area contributed by atoms with E-state index in [4.69, 9.17) is 10.00 Å². The Morgan fingerprint density at radius 1 is 1.57 bits per heavy atom. The van der Waals surface area contributed by atoms with Gasteiger partial charge >= 0.3 is 0 Å². The average molecular weight is 290 g/mol. The van der Waals surface area contributed by atoms with E-state index in [0.717, 1.165) is 0 Å². The Morgan fingerprint density at radius 2 is 2.33 bits per heavy atom. The van der Waals surface area contributed by atoms with Gasteiger partial charge in [0, 0.05) is 37.7 Å². The van der Waals surface area contributed by atoms with Crippen LogP contribution in [0.5, 0.6) is 0 Å². The van der Waals surface area contributed by atoms with Gasteiger partial charge in [-0.15, -0.1) is 0 Å². The standard InChI is InChI=1S/C13H14N4O4/c1-21-6-5-15-13(18)10(8-14)9-16-11-3-2-4-12(7-11)17(19)20/h2-4,7,9,16H,5-6H2,1H3,(H,15,18)/b10-9-. The molecule has 8 nitrogen and oxygen atoms in total. The number of nitro groups is 1. The van der Waals surface area contributed by atoms with E-state index in [2.05, 4.69) is 10.6 Å². The highest BCUT2D eigenvalue weighted by atomic mass is 16.6. The number of carbonyl (C=O) groups is 1. The highest BCUT2D eigenvalue weighted by Crippen LogP contribution is 2.17. The molecular formula is C13H14N4O4. The lowest BCUT2D eigenvalue weighted by Gasteiger charge is -2.04. The SMILES string of the molecule is COCCNC(=O)/C(C#N)=C\Nc1cccc([N+](=O)[O-])c1. The first kappa shape index (κ1) is 16.1. The van der Waals surface area contributed by atoms with Crippen molar-refractivity contribution in [3.05, 3.63) is 46.2 Å². The Kier molecular flexibility index (Phi) is 6.37. The van der Waals surface area contributed by atoms with Crippen LogP contribution < -0.4 is 10.6 Å². The molecule has 0 radical (unpaired) electrons. The Bertz CT molecular complexity index is 592. The van der Waals surface area contributed by atoms with Gasteiger partial charge in [0.25, 0.3) is 11.6 Å². The Balaban J connectivity index is 2.72. The van der Waals surface area contributed by atoms with Crippen molar-refractivity contribution in [1.29, 1.82) is 5.26 Å². The highest BCUT2D eigenvalue weighted by molar-refractivity contribution is 5.97. The number of amides is 1. The van der Waals surface area contributed by atoms with E-state index in [0.29, 0.717) is 12.3 Å². The maximum absolute atomic E-state index is 11.6. The molecule has 1 aromatic rings. The van der Waals surface area contributed by atoms with E-state index in [1.807, 2.05) is 0 Å². The molecule has 1 aromatic carbocycles. The predicted molar refractivity (Wildman–Crippen MR) is 75.3 cm³/mol. The topological polar surface area (TPSA) is 117 Å². The summed E-state index contributed by atoms with van der Waals surface area (Å²) in [5.41, 5.74) is 0.177. The molecule has 0 aliphatic heterocycles. The van der Waals surface area contributed by atoms with Crippen molar-refractivity contribution in [3.63, 3.8) is 0 Å². The van der Waals surface area contributed by atoms with Crippen LogP contribution in [0, 0.1) is 21.4 Å². The van der Waals surface area contributed by atoms with Crippen molar-refractivity contribution in [2.24, 2.45) is 0 Å². The number of hydrogen-bond acceptors (Lipinski definition) is 6. The fraction of sp³-hybridized carbons (Fsp3) is 0.231. The second kappa shape index (κ2) is 8.29. The van der Waals surface area contributed by atoms with Crippen LogP contribution in [0.3, 0.4) is 0 Å². The minimum Gasteiger partial charge on any atom is -0.383 e. The summed E-state index contributed by atoms with van der Waals surface area (Å²) >= 11 is 0. The fourth-order valence-corrected chi connectivity index (χ4v) is 1.38. The first-order chi connectivity index (χ1) is 10.1. The molecule has 0 aliphatic rings. The Hall–Kier alpha value is -2.92. The number of nitrogens with one attached hydrogen (secondary N) is 2. The smallest absolute Gasteiger partial charge is 0.271 e. The summed E-state index contributed by atoms with van der Waals surface area (Å²) in [5, 5.41) is 24.7. The van der Waals surface area contributed by atoms with Gasteiger partial charge in [0.1, 0.15) is 11.6 Å². The molecule has 0 unspecified atom stereocenters. The molecule has 8 heteroatoms. The van der Waals surface area contributed by atoms with Gasteiger partial charge in [0.2, 0.25) is 0 Å². The van der Waals surface area contributed by atoms with Gasteiger partial charge in [-0.05, 0) is 6.07 Å². The first-order valence-corrected chi connectivity index (χ1v) is 5.97. The number of nitro benzene ring substituents is 1. The lowest BCUT2D eigenvalue weighted by Crippen LogP contribution is -2.28. The zero-order chi connectivity index (χ0) is 15.7. The first-order valence-electron chi connectivity index (χ1n) is 5.97. The van der Waals surface area contributed by atoms with Crippen LogP contribution in [0.2, 0.25) is 0 Å².